The normalized spacial score (nSPS) is 11.6. The molecule has 0 saturated carbocycles. The molecule has 1 atom stereocenters. The first-order valence-corrected chi connectivity index (χ1v) is 11.9. The second-order valence-corrected chi connectivity index (χ2v) is 9.03. The summed E-state index contributed by atoms with van der Waals surface area (Å²) in [6, 6.07) is 16.9. The molecule has 0 aliphatic rings. The van der Waals surface area contributed by atoms with Crippen LogP contribution in [0.5, 0.6) is 0 Å². The highest BCUT2D eigenvalue weighted by Crippen LogP contribution is 2.14. The van der Waals surface area contributed by atoms with Crippen molar-refractivity contribution in [1.29, 1.82) is 0 Å². The zero-order chi connectivity index (χ0) is 22.6. The van der Waals surface area contributed by atoms with E-state index in [1.807, 2.05) is 12.1 Å². The van der Waals surface area contributed by atoms with Gasteiger partial charge in [0.2, 0.25) is 22.0 Å². The third-order valence-corrected chi connectivity index (χ3v) is 6.10. The summed E-state index contributed by atoms with van der Waals surface area (Å²) >= 11 is 2.10. The third-order valence-electron chi connectivity index (χ3n) is 4.19. The SMILES string of the molecule is CC(C)C(=O)N[C@@H](CSC(=O)c1ccccc1)C(=O)NCCSC(=O)c1ccccc1. The highest BCUT2D eigenvalue weighted by atomic mass is 32.2. The molecule has 2 aromatic carbocycles. The topological polar surface area (TPSA) is 92.3 Å². The summed E-state index contributed by atoms with van der Waals surface area (Å²) < 4.78 is 0. The fourth-order valence-corrected chi connectivity index (χ4v) is 3.98. The van der Waals surface area contributed by atoms with Crippen LogP contribution in [0.25, 0.3) is 0 Å². The van der Waals surface area contributed by atoms with E-state index >= 15 is 0 Å². The van der Waals surface area contributed by atoms with E-state index in [1.165, 1.54) is 0 Å². The monoisotopic (exact) mass is 458 g/mol. The van der Waals surface area contributed by atoms with Crippen LogP contribution in [0, 0.1) is 5.92 Å². The van der Waals surface area contributed by atoms with Crippen molar-refractivity contribution in [3.63, 3.8) is 0 Å². The van der Waals surface area contributed by atoms with Crippen molar-refractivity contribution in [2.24, 2.45) is 5.92 Å². The van der Waals surface area contributed by atoms with Gasteiger partial charge in [0, 0.05) is 35.1 Å². The van der Waals surface area contributed by atoms with Gasteiger partial charge in [-0.1, -0.05) is 98.0 Å². The Kier molecular flexibility index (Phi) is 10.3. The van der Waals surface area contributed by atoms with Crippen molar-refractivity contribution >= 4 is 45.6 Å². The van der Waals surface area contributed by atoms with Gasteiger partial charge >= 0.3 is 0 Å². The average Bonchev–Trinajstić information content (AvgIpc) is 2.79. The van der Waals surface area contributed by atoms with Gasteiger partial charge in [0.25, 0.3) is 0 Å². The molecule has 8 heteroatoms. The smallest absolute Gasteiger partial charge is 0.243 e. The molecule has 2 N–H and O–H groups in total. The lowest BCUT2D eigenvalue weighted by atomic mass is 10.2. The quantitative estimate of drug-likeness (QED) is 0.530. The Morgan fingerprint density at radius 1 is 0.774 bits per heavy atom. The van der Waals surface area contributed by atoms with E-state index < -0.39 is 6.04 Å². The maximum Gasteiger partial charge on any atom is 0.243 e. The molecule has 2 rings (SSSR count). The Morgan fingerprint density at radius 2 is 1.29 bits per heavy atom. The molecule has 0 unspecified atom stereocenters. The second kappa shape index (κ2) is 13.0. The maximum atomic E-state index is 12.6. The van der Waals surface area contributed by atoms with Crippen molar-refractivity contribution in [3.05, 3.63) is 71.8 Å². The lowest BCUT2D eigenvalue weighted by Crippen LogP contribution is -2.50. The van der Waals surface area contributed by atoms with Gasteiger partial charge in [-0.05, 0) is 0 Å². The summed E-state index contributed by atoms with van der Waals surface area (Å²) in [6.07, 6.45) is 0. The minimum atomic E-state index is -0.845. The van der Waals surface area contributed by atoms with Crippen LogP contribution in [0.4, 0.5) is 0 Å². The molecule has 164 valence electrons. The Hall–Kier alpha value is -2.58. The zero-order valence-corrected chi connectivity index (χ0v) is 19.1. The molecule has 2 amide bonds. The number of amides is 2. The van der Waals surface area contributed by atoms with Crippen molar-refractivity contribution < 1.29 is 19.2 Å². The van der Waals surface area contributed by atoms with Gasteiger partial charge in [-0.15, -0.1) is 0 Å². The molecule has 0 saturated heterocycles. The van der Waals surface area contributed by atoms with E-state index in [4.69, 9.17) is 0 Å². The molecular formula is C23H26N2O4S2. The fraction of sp³-hybridized carbons (Fsp3) is 0.304. The molecule has 0 aliphatic carbocycles. The number of hydrogen-bond acceptors (Lipinski definition) is 6. The molecule has 0 aromatic heterocycles. The fourth-order valence-electron chi connectivity index (χ4n) is 2.44. The van der Waals surface area contributed by atoms with Crippen molar-refractivity contribution in [2.75, 3.05) is 18.1 Å². The van der Waals surface area contributed by atoms with Crippen LogP contribution in [0.2, 0.25) is 0 Å². The molecule has 0 radical (unpaired) electrons. The second-order valence-electron chi connectivity index (χ2n) is 6.97. The highest BCUT2D eigenvalue weighted by molar-refractivity contribution is 8.14. The molecule has 0 heterocycles. The van der Waals surface area contributed by atoms with Gasteiger partial charge in [-0.2, -0.15) is 0 Å². The van der Waals surface area contributed by atoms with Crippen LogP contribution in [-0.4, -0.2) is 46.1 Å². The Balaban J connectivity index is 1.86. The molecule has 0 fully saturated rings. The maximum absolute atomic E-state index is 12.6. The van der Waals surface area contributed by atoms with Gasteiger partial charge in [-0.25, -0.2) is 0 Å². The van der Waals surface area contributed by atoms with Gasteiger partial charge in [0.1, 0.15) is 6.04 Å². The van der Waals surface area contributed by atoms with Crippen LogP contribution < -0.4 is 10.6 Å². The summed E-state index contributed by atoms with van der Waals surface area (Å²) in [7, 11) is 0. The molecule has 2 aromatic rings. The minimum absolute atomic E-state index is 0.0662. The molecule has 0 aliphatic heterocycles. The van der Waals surface area contributed by atoms with E-state index in [0.29, 0.717) is 16.9 Å². The first kappa shape index (κ1) is 24.7. The van der Waals surface area contributed by atoms with Crippen LogP contribution in [0.1, 0.15) is 34.6 Å². The van der Waals surface area contributed by atoms with Crippen molar-refractivity contribution in [1.82, 2.24) is 10.6 Å². The summed E-state index contributed by atoms with van der Waals surface area (Å²) in [5.74, 6) is -0.407. The first-order valence-electron chi connectivity index (χ1n) is 9.91. The minimum Gasteiger partial charge on any atom is -0.353 e. The number of thioether (sulfide) groups is 2. The number of hydrogen-bond donors (Lipinski definition) is 2. The van der Waals surface area contributed by atoms with Crippen LogP contribution in [0.15, 0.2) is 60.7 Å². The lowest BCUT2D eigenvalue weighted by molar-refractivity contribution is -0.130. The van der Waals surface area contributed by atoms with Crippen LogP contribution >= 0.6 is 23.5 Å². The number of carbonyl (C=O) groups excluding carboxylic acids is 4. The molecular weight excluding hydrogens is 432 g/mol. The van der Waals surface area contributed by atoms with Gasteiger partial charge < -0.3 is 10.6 Å². The first-order chi connectivity index (χ1) is 14.9. The Labute approximate surface area is 190 Å². The van der Waals surface area contributed by atoms with Gasteiger partial charge in [-0.3, -0.25) is 19.2 Å². The Bertz CT molecular complexity index is 889. The van der Waals surface area contributed by atoms with E-state index in [2.05, 4.69) is 10.6 Å². The van der Waals surface area contributed by atoms with E-state index in [0.717, 1.165) is 23.5 Å². The summed E-state index contributed by atoms with van der Waals surface area (Å²) in [5, 5.41) is 5.22. The van der Waals surface area contributed by atoms with Crippen molar-refractivity contribution in [2.45, 2.75) is 19.9 Å². The zero-order valence-electron chi connectivity index (χ0n) is 17.5. The molecule has 31 heavy (non-hydrogen) atoms. The summed E-state index contributed by atoms with van der Waals surface area (Å²) in [6.45, 7) is 3.74. The van der Waals surface area contributed by atoms with Crippen LogP contribution in [-0.2, 0) is 9.59 Å². The van der Waals surface area contributed by atoms with Gasteiger partial charge in [0.15, 0.2) is 0 Å². The lowest BCUT2D eigenvalue weighted by Gasteiger charge is -2.19. The number of rotatable bonds is 10. The standard InChI is InChI=1S/C23H26N2O4S2/c1-16(2)20(26)25-19(15-31-23(29)18-11-7-4-8-12-18)21(27)24-13-14-30-22(28)17-9-5-3-6-10-17/h3-12,16,19H,13-15H2,1-2H3,(H,24,27)(H,25,26)/t19-/m0/s1. The van der Waals surface area contributed by atoms with Crippen LogP contribution in [0.3, 0.4) is 0 Å². The molecule has 6 nitrogen and oxygen atoms in total. The van der Waals surface area contributed by atoms with E-state index in [1.54, 1.807) is 62.4 Å². The summed E-state index contributed by atoms with van der Waals surface area (Å²) in [4.78, 5) is 49.2. The average molecular weight is 459 g/mol. The third kappa shape index (κ3) is 8.59. The van der Waals surface area contributed by atoms with E-state index in [-0.39, 0.29) is 40.3 Å². The largest absolute Gasteiger partial charge is 0.353 e. The molecule has 0 spiro atoms. The molecule has 0 bridgehead atoms. The predicted molar refractivity (Wildman–Crippen MR) is 126 cm³/mol. The van der Waals surface area contributed by atoms with E-state index in [9.17, 15) is 19.2 Å². The van der Waals surface area contributed by atoms with Gasteiger partial charge in [0.05, 0.1) is 0 Å². The van der Waals surface area contributed by atoms with Crippen molar-refractivity contribution in [3.8, 4) is 0 Å². The predicted octanol–water partition coefficient (Wildman–Crippen LogP) is 3.39. The number of carbonyl (C=O) groups is 4. The Morgan fingerprint density at radius 3 is 1.81 bits per heavy atom. The highest BCUT2D eigenvalue weighted by Gasteiger charge is 2.23. The number of nitrogens with one attached hydrogen (secondary N) is 2. The summed E-state index contributed by atoms with van der Waals surface area (Å²) in [5.41, 5.74) is 1.15. The number of benzene rings is 2.